The van der Waals surface area contributed by atoms with Crippen LogP contribution < -0.4 is 10.1 Å². The predicted octanol–water partition coefficient (Wildman–Crippen LogP) is 2.96. The number of nitrogens with one attached hydrogen (secondary N) is 2. The van der Waals surface area contributed by atoms with Gasteiger partial charge < -0.3 is 10.1 Å². The number of aromatic nitrogens is 2. The zero-order chi connectivity index (χ0) is 13.2. The summed E-state index contributed by atoms with van der Waals surface area (Å²) in [6.45, 7) is 3.68. The van der Waals surface area contributed by atoms with Gasteiger partial charge in [0.15, 0.2) is 0 Å². The van der Waals surface area contributed by atoms with E-state index in [9.17, 15) is 0 Å². The predicted molar refractivity (Wildman–Crippen MR) is 77.2 cm³/mol. The number of nitrogens with zero attached hydrogens (tertiary/aromatic N) is 1. The standard InChI is InChI=1S/C14H16BrN3O/c1-9(13-2-4-17-18-13)16-8-11-7-12(15)6-10-3-5-19-14(10)11/h2,4,6-7,9,16H,3,5,8H2,1H3,(H,17,18). The Morgan fingerprint density at radius 1 is 1.53 bits per heavy atom. The first-order valence-corrected chi connectivity index (χ1v) is 7.20. The lowest BCUT2D eigenvalue weighted by Crippen LogP contribution is -2.18. The number of hydrogen-bond donors (Lipinski definition) is 2. The van der Waals surface area contributed by atoms with Crippen molar-refractivity contribution in [2.75, 3.05) is 6.61 Å². The Morgan fingerprint density at radius 3 is 3.21 bits per heavy atom. The van der Waals surface area contributed by atoms with Crippen LogP contribution in [0.1, 0.15) is 29.8 Å². The number of benzene rings is 1. The monoisotopic (exact) mass is 321 g/mol. The SMILES string of the molecule is CC(NCc1cc(Br)cc2c1OCC2)c1ccn[nH]1. The molecule has 5 heteroatoms. The fourth-order valence-corrected chi connectivity index (χ4v) is 2.91. The maximum Gasteiger partial charge on any atom is 0.127 e. The molecule has 2 aromatic rings. The molecule has 1 aliphatic heterocycles. The normalized spacial score (nSPS) is 15.1. The summed E-state index contributed by atoms with van der Waals surface area (Å²) < 4.78 is 6.84. The molecular weight excluding hydrogens is 306 g/mol. The molecule has 0 spiro atoms. The number of ether oxygens (including phenoxy) is 1. The Kier molecular flexibility index (Phi) is 3.57. The van der Waals surface area contributed by atoms with Crippen molar-refractivity contribution in [3.05, 3.63) is 45.7 Å². The molecule has 3 rings (SSSR count). The molecule has 1 aliphatic rings. The lowest BCUT2D eigenvalue weighted by molar-refractivity contribution is 0.351. The smallest absolute Gasteiger partial charge is 0.127 e. The number of halogens is 1. The summed E-state index contributed by atoms with van der Waals surface area (Å²) in [6.07, 6.45) is 2.77. The molecule has 0 aliphatic carbocycles. The minimum absolute atomic E-state index is 0.235. The molecule has 1 aromatic heterocycles. The van der Waals surface area contributed by atoms with Gasteiger partial charge in [-0.3, -0.25) is 5.10 Å². The minimum atomic E-state index is 0.235. The molecule has 0 amide bonds. The van der Waals surface area contributed by atoms with E-state index < -0.39 is 0 Å². The van der Waals surface area contributed by atoms with E-state index in [1.165, 1.54) is 11.1 Å². The third-order valence-electron chi connectivity index (χ3n) is 3.41. The van der Waals surface area contributed by atoms with E-state index in [1.54, 1.807) is 6.20 Å². The zero-order valence-electron chi connectivity index (χ0n) is 10.7. The highest BCUT2D eigenvalue weighted by atomic mass is 79.9. The van der Waals surface area contributed by atoms with Crippen molar-refractivity contribution in [2.24, 2.45) is 0 Å². The second kappa shape index (κ2) is 5.35. The largest absolute Gasteiger partial charge is 0.493 e. The molecule has 0 saturated heterocycles. The summed E-state index contributed by atoms with van der Waals surface area (Å²) >= 11 is 3.56. The van der Waals surface area contributed by atoms with Gasteiger partial charge in [0.2, 0.25) is 0 Å². The van der Waals surface area contributed by atoms with Crippen molar-refractivity contribution < 1.29 is 4.74 Å². The molecule has 2 N–H and O–H groups in total. The average molecular weight is 322 g/mol. The summed E-state index contributed by atoms with van der Waals surface area (Å²) in [5.74, 6) is 1.05. The Morgan fingerprint density at radius 2 is 2.42 bits per heavy atom. The van der Waals surface area contributed by atoms with Gasteiger partial charge in [-0.15, -0.1) is 0 Å². The van der Waals surface area contributed by atoms with Crippen LogP contribution in [0.5, 0.6) is 5.75 Å². The highest BCUT2D eigenvalue weighted by molar-refractivity contribution is 9.10. The fourth-order valence-electron chi connectivity index (χ4n) is 2.36. The third kappa shape index (κ3) is 2.67. The Labute approximate surface area is 120 Å². The highest BCUT2D eigenvalue weighted by Gasteiger charge is 2.18. The van der Waals surface area contributed by atoms with Crippen molar-refractivity contribution in [2.45, 2.75) is 25.9 Å². The summed E-state index contributed by atoms with van der Waals surface area (Å²) in [7, 11) is 0. The van der Waals surface area contributed by atoms with Crippen LogP contribution in [-0.4, -0.2) is 16.8 Å². The summed E-state index contributed by atoms with van der Waals surface area (Å²) in [5, 5.41) is 10.4. The van der Waals surface area contributed by atoms with Gasteiger partial charge in [-0.05, 0) is 30.7 Å². The fraction of sp³-hybridized carbons (Fsp3) is 0.357. The van der Waals surface area contributed by atoms with Crippen molar-refractivity contribution in [1.29, 1.82) is 0 Å². The van der Waals surface area contributed by atoms with Crippen molar-refractivity contribution >= 4 is 15.9 Å². The number of H-pyrrole nitrogens is 1. The summed E-state index contributed by atoms with van der Waals surface area (Å²) in [6, 6.07) is 6.49. The first kappa shape index (κ1) is 12.7. The number of rotatable bonds is 4. The van der Waals surface area contributed by atoms with Crippen molar-refractivity contribution in [1.82, 2.24) is 15.5 Å². The zero-order valence-corrected chi connectivity index (χ0v) is 12.3. The second-order valence-electron chi connectivity index (χ2n) is 4.77. The Balaban J connectivity index is 1.74. The molecule has 1 unspecified atom stereocenters. The molecule has 4 nitrogen and oxygen atoms in total. The third-order valence-corrected chi connectivity index (χ3v) is 3.87. The summed E-state index contributed by atoms with van der Waals surface area (Å²) in [4.78, 5) is 0. The van der Waals surface area contributed by atoms with Crippen LogP contribution in [0.15, 0.2) is 28.9 Å². The van der Waals surface area contributed by atoms with Crippen LogP contribution >= 0.6 is 15.9 Å². The van der Waals surface area contributed by atoms with Gasteiger partial charge >= 0.3 is 0 Å². The number of aromatic amines is 1. The maximum absolute atomic E-state index is 5.73. The average Bonchev–Trinajstić information content (AvgIpc) is 3.05. The maximum atomic E-state index is 5.73. The molecule has 0 bridgehead atoms. The van der Waals surface area contributed by atoms with Gasteiger partial charge in [-0.2, -0.15) is 5.10 Å². The first-order chi connectivity index (χ1) is 9.24. The molecule has 1 atom stereocenters. The molecular formula is C14H16BrN3O. The summed E-state index contributed by atoms with van der Waals surface area (Å²) in [5.41, 5.74) is 3.58. The Bertz CT molecular complexity index is 568. The van der Waals surface area contributed by atoms with Crippen LogP contribution in [0, 0.1) is 0 Å². The van der Waals surface area contributed by atoms with Crippen LogP contribution in [0.4, 0.5) is 0 Å². The van der Waals surface area contributed by atoms with Crippen molar-refractivity contribution in [3.63, 3.8) is 0 Å². The molecule has 19 heavy (non-hydrogen) atoms. The molecule has 0 saturated carbocycles. The minimum Gasteiger partial charge on any atom is -0.493 e. The Hall–Kier alpha value is -1.33. The van der Waals surface area contributed by atoms with E-state index in [-0.39, 0.29) is 6.04 Å². The van der Waals surface area contributed by atoms with E-state index in [0.29, 0.717) is 0 Å². The molecule has 2 heterocycles. The van der Waals surface area contributed by atoms with E-state index in [0.717, 1.165) is 35.5 Å². The van der Waals surface area contributed by atoms with E-state index in [4.69, 9.17) is 4.74 Å². The van der Waals surface area contributed by atoms with Gasteiger partial charge in [-0.25, -0.2) is 0 Å². The lowest BCUT2D eigenvalue weighted by atomic mass is 10.1. The van der Waals surface area contributed by atoms with Gasteiger partial charge in [0.05, 0.1) is 12.3 Å². The van der Waals surface area contributed by atoms with Crippen LogP contribution in [0.2, 0.25) is 0 Å². The van der Waals surface area contributed by atoms with Gasteiger partial charge in [0.25, 0.3) is 0 Å². The quantitative estimate of drug-likeness (QED) is 0.910. The lowest BCUT2D eigenvalue weighted by Gasteiger charge is -2.14. The van der Waals surface area contributed by atoms with Gasteiger partial charge in [0.1, 0.15) is 5.75 Å². The topological polar surface area (TPSA) is 49.9 Å². The van der Waals surface area contributed by atoms with Gasteiger partial charge in [0, 0.05) is 35.2 Å². The van der Waals surface area contributed by atoms with Crippen LogP contribution in [-0.2, 0) is 13.0 Å². The molecule has 0 radical (unpaired) electrons. The molecule has 1 aromatic carbocycles. The van der Waals surface area contributed by atoms with Crippen LogP contribution in [0.25, 0.3) is 0 Å². The van der Waals surface area contributed by atoms with E-state index in [2.05, 4.69) is 50.5 Å². The number of hydrogen-bond acceptors (Lipinski definition) is 3. The van der Waals surface area contributed by atoms with E-state index in [1.807, 2.05) is 6.07 Å². The van der Waals surface area contributed by atoms with Gasteiger partial charge in [-0.1, -0.05) is 15.9 Å². The highest BCUT2D eigenvalue weighted by Crippen LogP contribution is 2.33. The second-order valence-corrected chi connectivity index (χ2v) is 5.68. The number of fused-ring (bicyclic) bond motifs is 1. The van der Waals surface area contributed by atoms with Crippen LogP contribution in [0.3, 0.4) is 0 Å². The van der Waals surface area contributed by atoms with E-state index >= 15 is 0 Å². The molecule has 0 fully saturated rings. The van der Waals surface area contributed by atoms with Crippen molar-refractivity contribution in [3.8, 4) is 5.75 Å². The first-order valence-electron chi connectivity index (χ1n) is 6.41. The molecule has 100 valence electrons.